The Kier molecular flexibility index (Phi) is 5.13. The molecule has 1 aliphatic rings. The molecule has 4 N–H and O–H groups in total. The molecule has 0 radical (unpaired) electrons. The molecule has 0 spiro atoms. The lowest BCUT2D eigenvalue weighted by Crippen LogP contribution is -2.03. The van der Waals surface area contributed by atoms with Gasteiger partial charge in [-0.25, -0.2) is 4.79 Å². The predicted molar refractivity (Wildman–Crippen MR) is 71.2 cm³/mol. The number of carboxylic acids is 1. The van der Waals surface area contributed by atoms with E-state index in [0.29, 0.717) is 11.3 Å². The Hall–Kier alpha value is -2.99. The molecule has 1 saturated carbocycles. The van der Waals surface area contributed by atoms with Crippen molar-refractivity contribution in [3.05, 3.63) is 41.2 Å². The van der Waals surface area contributed by atoms with Crippen LogP contribution in [0.25, 0.3) is 0 Å². The van der Waals surface area contributed by atoms with Gasteiger partial charge < -0.3 is 15.9 Å². The van der Waals surface area contributed by atoms with E-state index in [1.54, 1.807) is 24.3 Å². The Labute approximate surface area is 116 Å². The largest absolute Gasteiger partial charge is 0.510 e. The maximum Gasteiger partial charge on any atom is 0.349 e. The highest BCUT2D eigenvalue weighted by atomic mass is 16.4. The number of aliphatic hydroxyl groups excluding tert-OH is 1. The average Bonchev–Trinajstić information content (AvgIpc) is 3.25. The third-order valence-electron chi connectivity index (χ3n) is 2.59. The van der Waals surface area contributed by atoms with E-state index in [0.717, 1.165) is 12.8 Å². The fraction of sp³-hybridized carbons (Fsp3) is 0.214. The average molecular weight is 271 g/mol. The van der Waals surface area contributed by atoms with Gasteiger partial charge in [-0.05, 0) is 37.1 Å². The second-order valence-electron chi connectivity index (χ2n) is 4.19. The van der Waals surface area contributed by atoms with Crippen molar-refractivity contribution in [2.24, 2.45) is 5.92 Å². The number of carboxylic acid groups (broad SMARTS) is 1. The second kappa shape index (κ2) is 6.81. The Morgan fingerprint density at radius 2 is 1.75 bits per heavy atom. The van der Waals surface area contributed by atoms with E-state index in [1.165, 1.54) is 6.07 Å². The molecule has 6 nitrogen and oxygen atoms in total. The van der Waals surface area contributed by atoms with E-state index in [1.807, 2.05) is 6.07 Å². The van der Waals surface area contributed by atoms with Gasteiger partial charge in [-0.15, -0.1) is 0 Å². The maximum atomic E-state index is 10.3. The monoisotopic (exact) mass is 271 g/mol. The highest BCUT2D eigenvalue weighted by Gasteiger charge is 2.30. The number of anilines is 1. The van der Waals surface area contributed by atoms with Crippen LogP contribution in [-0.2, 0) is 4.79 Å². The fourth-order valence-corrected chi connectivity index (χ4v) is 1.33. The summed E-state index contributed by atoms with van der Waals surface area (Å²) in [4.78, 5) is 10.3. The molecule has 0 amide bonds. The highest BCUT2D eigenvalue weighted by Crippen LogP contribution is 2.36. The number of nitrogen functional groups attached to an aromatic ring is 1. The first kappa shape index (κ1) is 15.1. The summed E-state index contributed by atoms with van der Waals surface area (Å²) in [6, 6.07) is 10.2. The Morgan fingerprint density at radius 1 is 1.20 bits per heavy atom. The fourth-order valence-electron chi connectivity index (χ4n) is 1.33. The van der Waals surface area contributed by atoms with Crippen molar-refractivity contribution in [3.8, 4) is 12.1 Å². The summed E-state index contributed by atoms with van der Waals surface area (Å²) in [5.74, 6) is -1.70. The van der Waals surface area contributed by atoms with E-state index in [-0.39, 0.29) is 11.7 Å². The van der Waals surface area contributed by atoms with Crippen LogP contribution in [0.2, 0.25) is 0 Å². The molecule has 102 valence electrons. The van der Waals surface area contributed by atoms with Crippen LogP contribution in [0.15, 0.2) is 35.6 Å². The number of rotatable bonds is 2. The first-order chi connectivity index (χ1) is 9.49. The van der Waals surface area contributed by atoms with E-state index in [9.17, 15) is 4.79 Å². The third kappa shape index (κ3) is 4.35. The molecule has 1 aromatic carbocycles. The molecule has 0 unspecified atom stereocenters. The van der Waals surface area contributed by atoms with Gasteiger partial charge in [-0.1, -0.05) is 0 Å². The van der Waals surface area contributed by atoms with Crippen molar-refractivity contribution < 1.29 is 15.0 Å². The maximum absolute atomic E-state index is 10.3. The molecule has 1 aliphatic carbocycles. The van der Waals surface area contributed by atoms with E-state index >= 15 is 0 Å². The second-order valence-corrected chi connectivity index (χ2v) is 4.19. The zero-order valence-corrected chi connectivity index (χ0v) is 10.6. The molecule has 0 bridgehead atoms. The van der Waals surface area contributed by atoms with Crippen LogP contribution in [0.3, 0.4) is 0 Å². The SMILES string of the molecule is N#CC(C(=O)O)=C(O)C1CC1.N#Cc1ccc(N)cc1. The van der Waals surface area contributed by atoms with Crippen molar-refractivity contribution in [2.75, 3.05) is 5.73 Å². The minimum atomic E-state index is -1.35. The lowest BCUT2D eigenvalue weighted by molar-refractivity contribution is -0.132. The van der Waals surface area contributed by atoms with E-state index in [4.69, 9.17) is 26.5 Å². The summed E-state index contributed by atoms with van der Waals surface area (Å²) in [7, 11) is 0. The van der Waals surface area contributed by atoms with Crippen molar-refractivity contribution in [3.63, 3.8) is 0 Å². The summed E-state index contributed by atoms with van der Waals surface area (Å²) < 4.78 is 0. The Balaban J connectivity index is 0.000000204. The molecule has 20 heavy (non-hydrogen) atoms. The van der Waals surface area contributed by atoms with Gasteiger partial charge in [0, 0.05) is 11.6 Å². The quantitative estimate of drug-likeness (QED) is 0.326. The van der Waals surface area contributed by atoms with E-state index < -0.39 is 11.5 Å². The molecule has 6 heteroatoms. The van der Waals surface area contributed by atoms with Gasteiger partial charge >= 0.3 is 5.97 Å². The molecular weight excluding hydrogens is 258 g/mol. The molecule has 1 aromatic rings. The number of nitrogens with two attached hydrogens (primary N) is 1. The zero-order valence-electron chi connectivity index (χ0n) is 10.6. The van der Waals surface area contributed by atoms with Gasteiger partial charge in [0.25, 0.3) is 0 Å². The van der Waals surface area contributed by atoms with Crippen LogP contribution < -0.4 is 5.73 Å². The van der Waals surface area contributed by atoms with Gasteiger partial charge in [-0.3, -0.25) is 0 Å². The Bertz CT molecular complexity index is 602. The summed E-state index contributed by atoms with van der Waals surface area (Å²) in [6.07, 6.45) is 1.56. The standard InChI is InChI=1S/C7H6N2.C7H7NO3/c8-5-6-1-3-7(9)4-2-6;8-3-5(7(10)11)6(9)4-1-2-4/h1-4H,9H2;4,9H,1-2H2,(H,10,11). The first-order valence-corrected chi connectivity index (χ1v) is 5.81. The van der Waals surface area contributed by atoms with Crippen LogP contribution in [0.4, 0.5) is 5.69 Å². The van der Waals surface area contributed by atoms with Crippen LogP contribution >= 0.6 is 0 Å². The number of aliphatic carboxylic acids is 1. The highest BCUT2D eigenvalue weighted by molar-refractivity contribution is 5.91. The molecule has 0 saturated heterocycles. The molecular formula is C14H13N3O3. The summed E-state index contributed by atoms with van der Waals surface area (Å²) in [5.41, 5.74) is 6.18. The lowest BCUT2D eigenvalue weighted by Gasteiger charge is -1.95. The minimum absolute atomic E-state index is 0.0826. The van der Waals surface area contributed by atoms with Crippen molar-refractivity contribution in [2.45, 2.75) is 12.8 Å². The summed E-state index contributed by atoms with van der Waals surface area (Å²) >= 11 is 0. The topological polar surface area (TPSA) is 131 Å². The lowest BCUT2D eigenvalue weighted by atomic mass is 10.2. The number of benzene rings is 1. The van der Waals surface area contributed by atoms with Gasteiger partial charge in [0.15, 0.2) is 5.57 Å². The minimum Gasteiger partial charge on any atom is -0.510 e. The van der Waals surface area contributed by atoms with Crippen LogP contribution in [0, 0.1) is 28.6 Å². The van der Waals surface area contributed by atoms with Gasteiger partial charge in [0.2, 0.25) is 0 Å². The molecule has 0 aliphatic heterocycles. The van der Waals surface area contributed by atoms with Crippen LogP contribution in [-0.4, -0.2) is 16.2 Å². The van der Waals surface area contributed by atoms with E-state index in [2.05, 4.69) is 0 Å². The number of hydrogen-bond donors (Lipinski definition) is 3. The molecule has 1 fully saturated rings. The number of nitrogens with zero attached hydrogens (tertiary/aromatic N) is 2. The molecule has 0 heterocycles. The smallest absolute Gasteiger partial charge is 0.349 e. The van der Waals surface area contributed by atoms with Crippen molar-refractivity contribution in [1.82, 2.24) is 0 Å². The molecule has 0 aromatic heterocycles. The number of nitriles is 2. The van der Waals surface area contributed by atoms with Crippen LogP contribution in [0.5, 0.6) is 0 Å². The number of carbonyl (C=O) groups is 1. The normalized spacial score (nSPS) is 13.9. The van der Waals surface area contributed by atoms with Gasteiger partial charge in [0.05, 0.1) is 11.6 Å². The zero-order chi connectivity index (χ0) is 15.1. The first-order valence-electron chi connectivity index (χ1n) is 5.81. The number of allylic oxidation sites excluding steroid dienone is 1. The molecule has 0 atom stereocenters. The van der Waals surface area contributed by atoms with Crippen molar-refractivity contribution in [1.29, 1.82) is 10.5 Å². The van der Waals surface area contributed by atoms with Gasteiger partial charge in [-0.2, -0.15) is 10.5 Å². The number of hydrogen-bond acceptors (Lipinski definition) is 5. The Morgan fingerprint density at radius 3 is 2.10 bits per heavy atom. The van der Waals surface area contributed by atoms with Gasteiger partial charge in [0.1, 0.15) is 11.8 Å². The number of aliphatic hydroxyl groups is 1. The summed E-state index contributed by atoms with van der Waals surface area (Å²) in [6.45, 7) is 0. The predicted octanol–water partition coefficient (Wildman–Crippen LogP) is 1.96. The third-order valence-corrected chi connectivity index (χ3v) is 2.59. The van der Waals surface area contributed by atoms with Crippen LogP contribution in [0.1, 0.15) is 18.4 Å². The molecule has 2 rings (SSSR count). The summed E-state index contributed by atoms with van der Waals surface area (Å²) in [5, 5.41) is 34.1. The van der Waals surface area contributed by atoms with Crippen molar-refractivity contribution >= 4 is 11.7 Å².